The highest BCUT2D eigenvalue weighted by molar-refractivity contribution is 5.74. The van der Waals surface area contributed by atoms with Gasteiger partial charge in [0.2, 0.25) is 5.75 Å². The first-order valence-corrected chi connectivity index (χ1v) is 5.37. The highest BCUT2D eigenvalue weighted by atomic mass is 19.4. The number of methoxy groups -OCH3 is 1. The van der Waals surface area contributed by atoms with Crippen LogP contribution in [0.4, 0.5) is 23.2 Å². The fourth-order valence-electron chi connectivity index (χ4n) is 1.39. The van der Waals surface area contributed by atoms with Crippen molar-refractivity contribution in [2.75, 3.05) is 7.11 Å². The van der Waals surface area contributed by atoms with Gasteiger partial charge in [-0.2, -0.15) is 13.2 Å². The number of hydrogen-bond donors (Lipinski definition) is 0. The van der Waals surface area contributed by atoms with Gasteiger partial charge in [-0.25, -0.2) is 9.18 Å². The maximum Gasteiger partial charge on any atom is 0.416 e. The van der Waals surface area contributed by atoms with Gasteiger partial charge in [0, 0.05) is 6.07 Å². The Morgan fingerprint density at radius 1 is 1.38 bits per heavy atom. The average molecular weight is 311 g/mol. The van der Waals surface area contributed by atoms with Gasteiger partial charge < -0.3 is 9.47 Å². The van der Waals surface area contributed by atoms with E-state index in [4.69, 9.17) is 4.74 Å². The van der Waals surface area contributed by atoms with Crippen molar-refractivity contribution in [2.45, 2.75) is 19.2 Å². The predicted octanol–water partition coefficient (Wildman–Crippen LogP) is 2.69. The molecule has 0 aliphatic heterocycles. The Balaban J connectivity index is 3.32. The van der Waals surface area contributed by atoms with Gasteiger partial charge in [0.25, 0.3) is 0 Å². The summed E-state index contributed by atoms with van der Waals surface area (Å²) in [6.07, 6.45) is -6.39. The first kappa shape index (κ1) is 16.7. The van der Waals surface area contributed by atoms with Gasteiger partial charge in [-0.15, -0.1) is 0 Å². The van der Waals surface area contributed by atoms with Crippen LogP contribution in [0.1, 0.15) is 12.5 Å². The molecule has 0 bridgehead atoms. The molecule has 0 heterocycles. The Kier molecular flexibility index (Phi) is 4.71. The van der Waals surface area contributed by atoms with Crippen molar-refractivity contribution in [3.8, 4) is 5.75 Å². The second-order valence-electron chi connectivity index (χ2n) is 3.84. The molecule has 0 N–H and O–H groups in total. The summed E-state index contributed by atoms with van der Waals surface area (Å²) >= 11 is 0. The molecule has 0 amide bonds. The number of ether oxygens (including phenoxy) is 2. The summed E-state index contributed by atoms with van der Waals surface area (Å²) in [5, 5.41) is 10.7. The molecule has 0 aliphatic rings. The zero-order valence-corrected chi connectivity index (χ0v) is 10.7. The highest BCUT2D eigenvalue weighted by Gasteiger charge is 2.36. The summed E-state index contributed by atoms with van der Waals surface area (Å²) in [4.78, 5) is 20.6. The van der Waals surface area contributed by atoms with Gasteiger partial charge in [0.05, 0.1) is 17.6 Å². The zero-order chi connectivity index (χ0) is 16.4. The normalized spacial score (nSPS) is 12.7. The number of esters is 1. The minimum atomic E-state index is -4.96. The topological polar surface area (TPSA) is 78.7 Å². The third-order valence-corrected chi connectivity index (χ3v) is 2.38. The minimum Gasteiger partial charge on any atom is -0.470 e. The van der Waals surface area contributed by atoms with Crippen LogP contribution >= 0.6 is 0 Å². The van der Waals surface area contributed by atoms with Crippen LogP contribution in [0.2, 0.25) is 0 Å². The van der Waals surface area contributed by atoms with E-state index in [0.717, 1.165) is 14.0 Å². The van der Waals surface area contributed by atoms with Crippen LogP contribution in [0.25, 0.3) is 0 Å². The van der Waals surface area contributed by atoms with Gasteiger partial charge in [-0.3, -0.25) is 10.1 Å². The lowest BCUT2D eigenvalue weighted by molar-refractivity contribution is -0.386. The zero-order valence-electron chi connectivity index (χ0n) is 10.7. The second kappa shape index (κ2) is 5.94. The Hall–Kier alpha value is -2.39. The van der Waals surface area contributed by atoms with Crippen LogP contribution in [0, 0.1) is 15.9 Å². The Morgan fingerprint density at radius 3 is 2.38 bits per heavy atom. The van der Waals surface area contributed by atoms with E-state index in [1.807, 2.05) is 0 Å². The third-order valence-electron chi connectivity index (χ3n) is 2.38. The van der Waals surface area contributed by atoms with Crippen LogP contribution in [-0.4, -0.2) is 24.1 Å². The molecular weight excluding hydrogens is 302 g/mol. The van der Waals surface area contributed by atoms with Crippen molar-refractivity contribution in [3.05, 3.63) is 33.6 Å². The Labute approximate surface area is 115 Å². The van der Waals surface area contributed by atoms with Crippen molar-refractivity contribution in [3.63, 3.8) is 0 Å². The summed E-state index contributed by atoms with van der Waals surface area (Å²) in [5.41, 5.74) is -2.78. The summed E-state index contributed by atoms with van der Waals surface area (Å²) in [7, 11) is 1.000. The molecule has 0 unspecified atom stereocenters. The van der Waals surface area contributed by atoms with Crippen molar-refractivity contribution < 1.29 is 36.8 Å². The number of nitro benzene ring substituents is 1. The molecule has 0 aliphatic carbocycles. The van der Waals surface area contributed by atoms with E-state index in [1.165, 1.54) is 0 Å². The number of nitrogens with zero attached hydrogens (tertiary/aromatic N) is 1. The molecule has 10 heteroatoms. The van der Waals surface area contributed by atoms with Crippen molar-refractivity contribution in [1.29, 1.82) is 0 Å². The van der Waals surface area contributed by atoms with E-state index < -0.39 is 46.0 Å². The molecule has 0 saturated heterocycles. The quantitative estimate of drug-likeness (QED) is 0.370. The highest BCUT2D eigenvalue weighted by Crippen LogP contribution is 2.38. The number of carbonyl (C=O) groups is 1. The summed E-state index contributed by atoms with van der Waals surface area (Å²) < 4.78 is 60.1. The van der Waals surface area contributed by atoms with Gasteiger partial charge in [0.15, 0.2) is 11.9 Å². The van der Waals surface area contributed by atoms with E-state index in [0.29, 0.717) is 0 Å². The van der Waals surface area contributed by atoms with E-state index in [1.54, 1.807) is 0 Å². The second-order valence-corrected chi connectivity index (χ2v) is 3.84. The fraction of sp³-hybridized carbons (Fsp3) is 0.364. The van der Waals surface area contributed by atoms with E-state index >= 15 is 0 Å². The van der Waals surface area contributed by atoms with Crippen LogP contribution < -0.4 is 4.74 Å². The molecular formula is C11H9F4NO5. The first-order valence-electron chi connectivity index (χ1n) is 5.37. The van der Waals surface area contributed by atoms with Gasteiger partial charge >= 0.3 is 17.8 Å². The first-order chi connectivity index (χ1) is 9.57. The molecule has 6 nitrogen and oxygen atoms in total. The van der Waals surface area contributed by atoms with E-state index in [-0.39, 0.29) is 12.1 Å². The number of hydrogen-bond acceptors (Lipinski definition) is 5. The van der Waals surface area contributed by atoms with Crippen LogP contribution in [0.15, 0.2) is 12.1 Å². The number of halogens is 4. The predicted molar refractivity (Wildman–Crippen MR) is 60.2 cm³/mol. The van der Waals surface area contributed by atoms with Gasteiger partial charge in [-0.05, 0) is 13.0 Å². The van der Waals surface area contributed by atoms with E-state index in [2.05, 4.69) is 4.74 Å². The molecule has 0 saturated carbocycles. The van der Waals surface area contributed by atoms with Crippen molar-refractivity contribution >= 4 is 11.7 Å². The molecule has 1 rings (SSSR count). The SMILES string of the molecule is COC(=O)[C@@H](C)Oc1c(F)cc(C(F)(F)F)cc1[N+](=O)[O-]. The molecule has 1 aromatic carbocycles. The lowest BCUT2D eigenvalue weighted by atomic mass is 10.1. The lowest BCUT2D eigenvalue weighted by Crippen LogP contribution is -2.25. The number of alkyl halides is 3. The summed E-state index contributed by atoms with van der Waals surface area (Å²) in [6, 6.07) is 0.175. The largest absolute Gasteiger partial charge is 0.470 e. The van der Waals surface area contributed by atoms with Gasteiger partial charge in [-0.1, -0.05) is 0 Å². The summed E-state index contributed by atoms with van der Waals surface area (Å²) in [5.74, 6) is -3.64. The van der Waals surface area contributed by atoms with E-state index in [9.17, 15) is 32.5 Å². The molecule has 0 fully saturated rings. The lowest BCUT2D eigenvalue weighted by Gasteiger charge is -2.14. The number of rotatable bonds is 4. The molecule has 1 atom stereocenters. The Morgan fingerprint density at radius 2 is 1.95 bits per heavy atom. The Bertz CT molecular complexity index is 572. The number of nitro groups is 1. The molecule has 116 valence electrons. The molecule has 21 heavy (non-hydrogen) atoms. The van der Waals surface area contributed by atoms with Crippen molar-refractivity contribution in [2.24, 2.45) is 0 Å². The minimum absolute atomic E-state index is 0.0479. The van der Waals surface area contributed by atoms with Crippen LogP contribution in [0.3, 0.4) is 0 Å². The molecule has 0 spiro atoms. The maximum absolute atomic E-state index is 13.6. The smallest absolute Gasteiger partial charge is 0.416 e. The van der Waals surface area contributed by atoms with Crippen LogP contribution in [-0.2, 0) is 15.7 Å². The number of carbonyl (C=O) groups excluding carboxylic acids is 1. The standard InChI is InChI=1S/C11H9F4NO5/c1-5(10(17)20-2)21-9-7(12)3-6(11(13,14)15)4-8(9)16(18)19/h3-5H,1-2H3/t5-/m1/s1. The average Bonchev–Trinajstić information content (AvgIpc) is 2.37. The van der Waals surface area contributed by atoms with Crippen molar-refractivity contribution in [1.82, 2.24) is 0 Å². The number of benzene rings is 1. The third kappa shape index (κ3) is 3.80. The van der Waals surface area contributed by atoms with Crippen LogP contribution in [0.5, 0.6) is 5.75 Å². The maximum atomic E-state index is 13.6. The monoisotopic (exact) mass is 311 g/mol. The fourth-order valence-corrected chi connectivity index (χ4v) is 1.39. The molecule has 0 aromatic heterocycles. The molecule has 0 radical (unpaired) electrons. The molecule has 1 aromatic rings. The summed E-state index contributed by atoms with van der Waals surface area (Å²) in [6.45, 7) is 1.10. The van der Waals surface area contributed by atoms with Gasteiger partial charge in [0.1, 0.15) is 0 Å².